The summed E-state index contributed by atoms with van der Waals surface area (Å²) >= 11 is 1.61. The van der Waals surface area contributed by atoms with Crippen LogP contribution in [0.4, 0.5) is 19.0 Å². The lowest BCUT2D eigenvalue weighted by molar-refractivity contribution is -0.274. The summed E-state index contributed by atoms with van der Waals surface area (Å²) in [6.45, 7) is 2.78. The Morgan fingerprint density at radius 2 is 1.64 bits per heavy atom. The molecule has 0 saturated heterocycles. The summed E-state index contributed by atoms with van der Waals surface area (Å²) in [6.07, 6.45) is -2.91. The molecule has 9 heteroatoms. The number of benzene rings is 2. The molecule has 0 atom stereocenters. The minimum atomic E-state index is -4.69. The second-order valence-corrected chi connectivity index (χ2v) is 8.67. The van der Waals surface area contributed by atoms with Crippen molar-refractivity contribution in [3.63, 3.8) is 0 Å². The van der Waals surface area contributed by atoms with Crippen molar-refractivity contribution < 1.29 is 22.6 Å². The second-order valence-electron chi connectivity index (χ2n) is 7.43. The molecule has 0 amide bonds. The number of thiophene rings is 1. The number of fused-ring (bicyclic) bond motifs is 1. The third-order valence-electron chi connectivity index (χ3n) is 4.99. The summed E-state index contributed by atoms with van der Waals surface area (Å²) in [7, 11) is 1.56. The van der Waals surface area contributed by atoms with Crippen molar-refractivity contribution >= 4 is 27.4 Å². The van der Waals surface area contributed by atoms with Gasteiger partial charge >= 0.3 is 12.4 Å². The zero-order valence-electron chi connectivity index (χ0n) is 18.1. The molecule has 2 aromatic carbocycles. The Bertz CT molecular complexity index is 1220. The van der Waals surface area contributed by atoms with Crippen molar-refractivity contribution in [3.05, 3.63) is 65.0 Å². The molecule has 0 aliphatic heterocycles. The molecule has 0 spiro atoms. The van der Waals surface area contributed by atoms with E-state index in [1.165, 1.54) is 22.6 Å². The molecule has 0 saturated carbocycles. The molecule has 0 radical (unpaired) electrons. The first-order valence-corrected chi connectivity index (χ1v) is 11.1. The number of hydrogen-bond acceptors (Lipinski definition) is 6. The van der Waals surface area contributed by atoms with Crippen LogP contribution in [0.3, 0.4) is 0 Å². The van der Waals surface area contributed by atoms with Crippen molar-refractivity contribution in [1.29, 1.82) is 0 Å². The lowest BCUT2D eigenvalue weighted by Crippen LogP contribution is -2.16. The fraction of sp³-hybridized carbons (Fsp3) is 0.250. The van der Waals surface area contributed by atoms with Gasteiger partial charge in [0.15, 0.2) is 0 Å². The van der Waals surface area contributed by atoms with Crippen LogP contribution in [-0.2, 0) is 6.42 Å². The maximum Gasteiger partial charge on any atom is 0.573 e. The van der Waals surface area contributed by atoms with Crippen LogP contribution >= 0.6 is 11.3 Å². The van der Waals surface area contributed by atoms with Crippen LogP contribution in [-0.4, -0.2) is 30.0 Å². The summed E-state index contributed by atoms with van der Waals surface area (Å²) in [5.74, 6) is 0.543. The summed E-state index contributed by atoms with van der Waals surface area (Å²) in [5.41, 5.74) is 2.93. The van der Waals surface area contributed by atoms with E-state index in [9.17, 15) is 13.2 Å². The topological polar surface area (TPSA) is 56.3 Å². The van der Waals surface area contributed by atoms with Crippen molar-refractivity contribution in [1.82, 2.24) is 9.97 Å². The normalized spacial score (nSPS) is 11.5. The average molecular weight is 474 g/mol. The number of halogens is 3. The Labute approximate surface area is 193 Å². The number of aryl methyl sites for hydroxylation is 2. The highest BCUT2D eigenvalue weighted by molar-refractivity contribution is 7.18. The summed E-state index contributed by atoms with van der Waals surface area (Å²) in [5, 5.41) is 4.38. The van der Waals surface area contributed by atoms with Gasteiger partial charge in [0.05, 0.1) is 12.5 Å². The van der Waals surface area contributed by atoms with Gasteiger partial charge in [-0.05, 0) is 54.7 Å². The summed E-state index contributed by atoms with van der Waals surface area (Å²) < 4.78 is 46.0. The van der Waals surface area contributed by atoms with Gasteiger partial charge in [-0.1, -0.05) is 36.4 Å². The third kappa shape index (κ3) is 5.92. The van der Waals surface area contributed by atoms with Crippen molar-refractivity contribution in [2.24, 2.45) is 0 Å². The Morgan fingerprint density at radius 1 is 0.970 bits per heavy atom. The van der Waals surface area contributed by atoms with Gasteiger partial charge < -0.3 is 14.8 Å². The highest BCUT2D eigenvalue weighted by atomic mass is 32.1. The van der Waals surface area contributed by atoms with E-state index in [4.69, 9.17) is 4.74 Å². The highest BCUT2D eigenvalue weighted by Crippen LogP contribution is 2.30. The van der Waals surface area contributed by atoms with E-state index in [2.05, 4.69) is 26.1 Å². The SMILES string of the molecule is COc1nc(NCCCc2ccc(-c3ccc(OC(F)(F)F)cc3)cc2)c2cc(C)sc2n1. The fourth-order valence-corrected chi connectivity index (χ4v) is 4.33. The lowest BCUT2D eigenvalue weighted by Gasteiger charge is -2.10. The minimum Gasteiger partial charge on any atom is -0.467 e. The molecule has 1 N–H and O–H groups in total. The van der Waals surface area contributed by atoms with Crippen LogP contribution < -0.4 is 14.8 Å². The van der Waals surface area contributed by atoms with Gasteiger partial charge in [0, 0.05) is 11.4 Å². The van der Waals surface area contributed by atoms with Gasteiger partial charge in [-0.15, -0.1) is 24.5 Å². The molecule has 0 aliphatic rings. The number of nitrogens with zero attached hydrogens (tertiary/aromatic N) is 2. The lowest BCUT2D eigenvalue weighted by atomic mass is 10.0. The summed E-state index contributed by atoms with van der Waals surface area (Å²) in [4.78, 5) is 10.9. The Kier molecular flexibility index (Phi) is 6.69. The van der Waals surface area contributed by atoms with E-state index >= 15 is 0 Å². The van der Waals surface area contributed by atoms with Gasteiger partial charge in [0.1, 0.15) is 16.4 Å². The predicted molar refractivity (Wildman–Crippen MR) is 124 cm³/mol. The number of rotatable bonds is 8. The molecule has 2 heterocycles. The molecule has 5 nitrogen and oxygen atoms in total. The van der Waals surface area contributed by atoms with Crippen LogP contribution in [0.15, 0.2) is 54.6 Å². The molecular weight excluding hydrogens is 451 g/mol. The number of anilines is 1. The molecule has 0 bridgehead atoms. The van der Waals surface area contributed by atoms with Crippen LogP contribution in [0, 0.1) is 6.92 Å². The van der Waals surface area contributed by atoms with Crippen LogP contribution in [0.25, 0.3) is 21.3 Å². The zero-order chi connectivity index (χ0) is 23.4. The Morgan fingerprint density at radius 3 is 2.27 bits per heavy atom. The minimum absolute atomic E-state index is 0.230. The Balaban J connectivity index is 1.33. The first-order valence-electron chi connectivity index (χ1n) is 10.3. The number of methoxy groups -OCH3 is 1. The largest absolute Gasteiger partial charge is 0.573 e. The van der Waals surface area contributed by atoms with Gasteiger partial charge in [-0.2, -0.15) is 9.97 Å². The maximum atomic E-state index is 12.3. The number of nitrogens with one attached hydrogen (secondary N) is 1. The van der Waals surface area contributed by atoms with Crippen molar-refractivity contribution in [2.75, 3.05) is 19.0 Å². The fourth-order valence-electron chi connectivity index (χ4n) is 3.46. The van der Waals surface area contributed by atoms with Crippen LogP contribution in [0.2, 0.25) is 0 Å². The number of aromatic nitrogens is 2. The van der Waals surface area contributed by atoms with E-state index in [1.807, 2.05) is 31.2 Å². The quantitative estimate of drug-likeness (QED) is 0.292. The number of ether oxygens (including phenoxy) is 2. The zero-order valence-corrected chi connectivity index (χ0v) is 18.9. The smallest absolute Gasteiger partial charge is 0.467 e. The van der Waals surface area contributed by atoms with E-state index < -0.39 is 6.36 Å². The number of alkyl halides is 3. The Hall–Kier alpha value is -3.33. The van der Waals surface area contributed by atoms with Crippen molar-refractivity contribution in [2.45, 2.75) is 26.1 Å². The van der Waals surface area contributed by atoms with E-state index in [-0.39, 0.29) is 5.75 Å². The van der Waals surface area contributed by atoms with Gasteiger partial charge in [-0.3, -0.25) is 0 Å². The second kappa shape index (κ2) is 9.66. The summed E-state index contributed by atoms with van der Waals surface area (Å²) in [6, 6.07) is 16.3. The van der Waals surface area contributed by atoms with Gasteiger partial charge in [0.25, 0.3) is 0 Å². The molecule has 0 aliphatic carbocycles. The van der Waals surface area contributed by atoms with Crippen LogP contribution in [0.1, 0.15) is 16.9 Å². The van der Waals surface area contributed by atoms with Crippen LogP contribution in [0.5, 0.6) is 11.8 Å². The molecule has 4 aromatic rings. The third-order valence-corrected chi connectivity index (χ3v) is 5.93. The van der Waals surface area contributed by atoms with Crippen molar-refractivity contribution in [3.8, 4) is 22.9 Å². The highest BCUT2D eigenvalue weighted by Gasteiger charge is 2.30. The molecule has 172 valence electrons. The monoisotopic (exact) mass is 473 g/mol. The molecule has 0 fully saturated rings. The first-order chi connectivity index (χ1) is 15.8. The molecular formula is C24H22F3N3O2S. The molecule has 4 rings (SSSR count). The molecule has 0 unspecified atom stereocenters. The van der Waals surface area contributed by atoms with Gasteiger partial charge in [0.2, 0.25) is 0 Å². The van der Waals surface area contributed by atoms with E-state index in [0.29, 0.717) is 6.01 Å². The maximum absolute atomic E-state index is 12.3. The van der Waals surface area contributed by atoms with E-state index in [0.717, 1.165) is 46.5 Å². The molecule has 2 aromatic heterocycles. The molecule has 33 heavy (non-hydrogen) atoms. The number of hydrogen-bond donors (Lipinski definition) is 1. The first kappa shape index (κ1) is 22.8. The van der Waals surface area contributed by atoms with Gasteiger partial charge in [-0.25, -0.2) is 0 Å². The van der Waals surface area contributed by atoms with E-state index in [1.54, 1.807) is 30.6 Å². The standard InChI is InChI=1S/C24H22F3N3O2S/c1-15-14-20-21(29-23(31-2)30-22(20)33-15)28-13-3-4-16-5-7-17(8-6-16)18-9-11-19(12-10-18)32-24(25,26)27/h5-12,14H,3-4,13H2,1-2H3,(H,28,29,30). The average Bonchev–Trinajstić information content (AvgIpc) is 3.16. The predicted octanol–water partition coefficient (Wildman–Crippen LogP) is 6.62.